The van der Waals surface area contributed by atoms with Crippen LogP contribution in [0, 0.1) is 0 Å². The molecule has 1 aromatic carbocycles. The highest BCUT2D eigenvalue weighted by Gasteiger charge is 2.50. The molecule has 0 bridgehead atoms. The van der Waals surface area contributed by atoms with Crippen molar-refractivity contribution in [1.29, 1.82) is 0 Å². The zero-order chi connectivity index (χ0) is 15.0. The largest absolute Gasteiger partial charge is 0.388 e. The van der Waals surface area contributed by atoms with Gasteiger partial charge in [-0.15, -0.1) is 12.4 Å². The number of nitrogens with zero attached hydrogens (tertiary/aromatic N) is 2. The van der Waals surface area contributed by atoms with Crippen LogP contribution in [0.2, 0.25) is 0 Å². The quantitative estimate of drug-likeness (QED) is 0.459. The number of benzene rings is 1. The molecule has 0 radical (unpaired) electrons. The van der Waals surface area contributed by atoms with Crippen molar-refractivity contribution in [2.24, 2.45) is 4.99 Å². The van der Waals surface area contributed by atoms with Crippen LogP contribution in [-0.2, 0) is 6.54 Å². The van der Waals surface area contributed by atoms with Crippen molar-refractivity contribution in [3.05, 3.63) is 35.9 Å². The summed E-state index contributed by atoms with van der Waals surface area (Å²) in [7, 11) is 0. The van der Waals surface area contributed by atoms with Crippen molar-refractivity contribution in [3.63, 3.8) is 0 Å². The van der Waals surface area contributed by atoms with Crippen LogP contribution >= 0.6 is 12.4 Å². The molecule has 5 N–H and O–H groups in total. The van der Waals surface area contributed by atoms with Crippen LogP contribution in [0.1, 0.15) is 5.56 Å². The molecule has 7 nitrogen and oxygen atoms in total. The Kier molecular flexibility index (Phi) is 5.25. The highest BCUT2D eigenvalue weighted by atomic mass is 35.5. The fraction of sp³-hybridized carbons (Fsp3) is 0.500. The summed E-state index contributed by atoms with van der Waals surface area (Å²) in [5.74, 6) is 0.418. The third-order valence-electron chi connectivity index (χ3n) is 4.01. The monoisotopic (exact) mass is 329 g/mol. The molecule has 1 fully saturated rings. The fourth-order valence-corrected chi connectivity index (χ4v) is 2.80. The van der Waals surface area contributed by atoms with Crippen molar-refractivity contribution < 1.29 is 20.4 Å². The Labute approximate surface area is 134 Å². The molecular formula is C14H20ClN3O4. The van der Waals surface area contributed by atoms with E-state index < -0.39 is 30.6 Å². The first-order chi connectivity index (χ1) is 10.1. The topological polar surface area (TPSA) is 109 Å². The van der Waals surface area contributed by atoms with Crippen LogP contribution in [0.15, 0.2) is 35.3 Å². The number of halogens is 1. The Morgan fingerprint density at radius 2 is 1.73 bits per heavy atom. The fourth-order valence-electron chi connectivity index (χ4n) is 2.80. The minimum atomic E-state index is -1.43. The SMILES string of the molecule is Cl.O[C@@H]1[C@@H](O)[C@@H](O)N2C(NCc3ccccc3)=NC[C@@H]2[C@H]1O. The lowest BCUT2D eigenvalue weighted by Gasteiger charge is -2.44. The number of hydrogen-bond acceptors (Lipinski definition) is 7. The van der Waals surface area contributed by atoms with Gasteiger partial charge >= 0.3 is 0 Å². The second-order valence-corrected chi connectivity index (χ2v) is 5.36. The highest BCUT2D eigenvalue weighted by Crippen LogP contribution is 2.27. The summed E-state index contributed by atoms with van der Waals surface area (Å²) < 4.78 is 0. The number of rotatable bonds is 2. The molecule has 1 aromatic rings. The number of aliphatic hydroxyl groups excluding tert-OH is 4. The van der Waals surface area contributed by atoms with Gasteiger partial charge in [-0.2, -0.15) is 0 Å². The molecule has 22 heavy (non-hydrogen) atoms. The molecule has 2 aliphatic heterocycles. The third kappa shape index (κ3) is 2.90. The normalized spacial score (nSPS) is 33.7. The van der Waals surface area contributed by atoms with E-state index >= 15 is 0 Å². The Hall–Kier alpha value is -1.38. The standard InChI is InChI=1S/C14H19N3O4.ClH/c18-10-9-7-16-14(15-6-8-4-2-1-3-5-8)17(9)13(21)12(20)11(10)19;/h1-5,9-13,18-21H,6-7H2,(H,15,16);1H/t9-,10-,11+,12-,13-;/m1./s1. The number of guanidine groups is 1. The van der Waals surface area contributed by atoms with Crippen molar-refractivity contribution in [2.75, 3.05) is 6.54 Å². The molecule has 5 atom stereocenters. The van der Waals surface area contributed by atoms with Crippen LogP contribution in [0.25, 0.3) is 0 Å². The van der Waals surface area contributed by atoms with Gasteiger partial charge in [0, 0.05) is 6.54 Å². The summed E-state index contributed by atoms with van der Waals surface area (Å²) in [5, 5.41) is 42.6. The molecule has 0 unspecified atom stereocenters. The zero-order valence-corrected chi connectivity index (χ0v) is 12.6. The number of fused-ring (bicyclic) bond motifs is 1. The van der Waals surface area contributed by atoms with Crippen LogP contribution in [-0.4, -0.2) is 68.4 Å². The van der Waals surface area contributed by atoms with Crippen LogP contribution in [0.5, 0.6) is 0 Å². The van der Waals surface area contributed by atoms with E-state index in [1.165, 1.54) is 4.90 Å². The lowest BCUT2D eigenvalue weighted by atomic mass is 9.93. The molecule has 2 heterocycles. The molecular weight excluding hydrogens is 310 g/mol. The first-order valence-corrected chi connectivity index (χ1v) is 6.92. The molecule has 3 rings (SSSR count). The minimum absolute atomic E-state index is 0. The first-order valence-electron chi connectivity index (χ1n) is 6.92. The smallest absolute Gasteiger partial charge is 0.196 e. The maximum atomic E-state index is 10.1. The van der Waals surface area contributed by atoms with Crippen molar-refractivity contribution >= 4 is 18.4 Å². The van der Waals surface area contributed by atoms with Gasteiger partial charge in [-0.05, 0) is 5.56 Å². The number of piperidine rings is 1. The van der Waals surface area contributed by atoms with E-state index in [1.54, 1.807) is 0 Å². The van der Waals surface area contributed by atoms with Crippen molar-refractivity contribution in [2.45, 2.75) is 37.1 Å². The van der Waals surface area contributed by atoms with Crippen LogP contribution in [0.4, 0.5) is 0 Å². The van der Waals surface area contributed by atoms with Gasteiger partial charge in [-0.25, -0.2) is 0 Å². The number of aliphatic hydroxyl groups is 4. The summed E-state index contributed by atoms with van der Waals surface area (Å²) in [6, 6.07) is 9.16. The molecule has 0 aromatic heterocycles. The number of hydrogen-bond donors (Lipinski definition) is 5. The third-order valence-corrected chi connectivity index (χ3v) is 4.01. The molecule has 0 aliphatic carbocycles. The average Bonchev–Trinajstić information content (AvgIpc) is 2.94. The maximum Gasteiger partial charge on any atom is 0.196 e. The maximum absolute atomic E-state index is 10.1. The van der Waals surface area contributed by atoms with E-state index in [0.29, 0.717) is 12.5 Å². The van der Waals surface area contributed by atoms with E-state index in [4.69, 9.17) is 0 Å². The van der Waals surface area contributed by atoms with Gasteiger partial charge in [0.25, 0.3) is 0 Å². The molecule has 0 saturated carbocycles. The van der Waals surface area contributed by atoms with Gasteiger partial charge in [0.2, 0.25) is 0 Å². The van der Waals surface area contributed by atoms with Gasteiger partial charge in [0.1, 0.15) is 18.3 Å². The molecule has 0 spiro atoms. The van der Waals surface area contributed by atoms with Gasteiger partial charge in [-0.1, -0.05) is 30.3 Å². The molecule has 122 valence electrons. The summed E-state index contributed by atoms with van der Waals surface area (Å²) >= 11 is 0. The minimum Gasteiger partial charge on any atom is -0.388 e. The predicted octanol–water partition coefficient (Wildman–Crippen LogP) is -1.35. The second-order valence-electron chi connectivity index (χ2n) is 5.36. The summed E-state index contributed by atoms with van der Waals surface area (Å²) in [4.78, 5) is 5.69. The van der Waals surface area contributed by atoms with Crippen LogP contribution < -0.4 is 5.32 Å². The van der Waals surface area contributed by atoms with E-state index in [9.17, 15) is 20.4 Å². The van der Waals surface area contributed by atoms with Gasteiger partial charge in [0.05, 0.1) is 12.6 Å². The van der Waals surface area contributed by atoms with Crippen molar-refractivity contribution in [1.82, 2.24) is 10.2 Å². The van der Waals surface area contributed by atoms with E-state index in [0.717, 1.165) is 5.56 Å². The lowest BCUT2D eigenvalue weighted by Crippen LogP contribution is -2.67. The number of nitrogens with one attached hydrogen (secondary N) is 1. The van der Waals surface area contributed by atoms with Crippen LogP contribution in [0.3, 0.4) is 0 Å². The molecule has 1 saturated heterocycles. The molecule has 8 heteroatoms. The van der Waals surface area contributed by atoms with Crippen molar-refractivity contribution in [3.8, 4) is 0 Å². The number of aliphatic imine (C=N–C) groups is 1. The second kappa shape index (κ2) is 6.80. The Bertz CT molecular complexity index is 530. The summed E-state index contributed by atoms with van der Waals surface area (Å²) in [5.41, 5.74) is 1.05. The summed E-state index contributed by atoms with van der Waals surface area (Å²) in [6.45, 7) is 0.781. The van der Waals surface area contributed by atoms with E-state index in [2.05, 4.69) is 10.3 Å². The molecule has 0 amide bonds. The molecule has 2 aliphatic rings. The Balaban J connectivity index is 0.00000176. The first kappa shape index (κ1) is 17.0. The Morgan fingerprint density at radius 3 is 2.41 bits per heavy atom. The highest BCUT2D eigenvalue weighted by molar-refractivity contribution is 5.85. The average molecular weight is 330 g/mol. The van der Waals surface area contributed by atoms with Gasteiger partial charge in [-0.3, -0.25) is 4.99 Å². The van der Waals surface area contributed by atoms with E-state index in [1.807, 2.05) is 30.3 Å². The Morgan fingerprint density at radius 1 is 1.05 bits per heavy atom. The van der Waals surface area contributed by atoms with E-state index in [-0.39, 0.29) is 19.0 Å². The lowest BCUT2D eigenvalue weighted by molar-refractivity contribution is -0.192. The zero-order valence-electron chi connectivity index (χ0n) is 11.8. The van der Waals surface area contributed by atoms with Gasteiger partial charge < -0.3 is 30.6 Å². The van der Waals surface area contributed by atoms with Gasteiger partial charge in [0.15, 0.2) is 12.2 Å². The summed E-state index contributed by atoms with van der Waals surface area (Å²) in [6.07, 6.45) is -5.25. The predicted molar refractivity (Wildman–Crippen MR) is 82.5 cm³/mol.